The average Bonchev–Trinajstić information content (AvgIpc) is 2.60. The maximum absolute atomic E-state index is 12.3. The van der Waals surface area contributed by atoms with E-state index in [1.807, 2.05) is 13.0 Å². The highest BCUT2D eigenvalue weighted by Gasteiger charge is 2.09. The molecule has 0 bridgehead atoms. The van der Waals surface area contributed by atoms with E-state index >= 15 is 0 Å². The number of aromatic nitrogens is 1. The minimum Gasteiger partial charge on any atom is -0.379 e. The molecule has 2 heterocycles. The molecular formula is C19H27N3O2. The number of rotatable bonds is 6. The number of hydrogen-bond acceptors (Lipinski definition) is 4. The van der Waals surface area contributed by atoms with Gasteiger partial charge in [0.15, 0.2) is 0 Å². The van der Waals surface area contributed by atoms with E-state index in [0.29, 0.717) is 6.54 Å². The molecule has 1 aliphatic rings. The first kappa shape index (κ1) is 17.1. The van der Waals surface area contributed by atoms with Crippen LogP contribution < -0.4 is 10.9 Å². The van der Waals surface area contributed by atoms with Crippen molar-refractivity contribution in [2.24, 2.45) is 0 Å². The van der Waals surface area contributed by atoms with Gasteiger partial charge in [0.2, 0.25) is 0 Å². The van der Waals surface area contributed by atoms with Gasteiger partial charge in [-0.2, -0.15) is 0 Å². The maximum Gasteiger partial charge on any atom is 0.252 e. The lowest BCUT2D eigenvalue weighted by Crippen LogP contribution is -2.37. The van der Waals surface area contributed by atoms with Crippen LogP contribution in [0.1, 0.15) is 23.1 Å². The van der Waals surface area contributed by atoms with E-state index in [1.54, 1.807) is 0 Å². The molecule has 0 spiro atoms. The second-order valence-corrected chi connectivity index (χ2v) is 6.60. The first-order valence-electron chi connectivity index (χ1n) is 8.78. The molecule has 0 amide bonds. The lowest BCUT2D eigenvalue weighted by Gasteiger charge is -2.26. The monoisotopic (exact) mass is 329 g/mol. The van der Waals surface area contributed by atoms with Gasteiger partial charge in [-0.25, -0.2) is 0 Å². The third kappa shape index (κ3) is 4.04. The Bertz CT molecular complexity index is 748. The highest BCUT2D eigenvalue weighted by molar-refractivity contribution is 5.85. The van der Waals surface area contributed by atoms with E-state index in [2.05, 4.69) is 34.3 Å². The van der Waals surface area contributed by atoms with Gasteiger partial charge < -0.3 is 15.0 Å². The van der Waals surface area contributed by atoms with Gasteiger partial charge in [-0.05, 0) is 50.6 Å². The van der Waals surface area contributed by atoms with Crippen molar-refractivity contribution < 1.29 is 4.74 Å². The van der Waals surface area contributed by atoms with Gasteiger partial charge in [-0.3, -0.25) is 9.69 Å². The normalized spacial score (nSPS) is 15.9. The van der Waals surface area contributed by atoms with Gasteiger partial charge in [-0.1, -0.05) is 12.1 Å². The Morgan fingerprint density at radius 2 is 1.96 bits per heavy atom. The molecule has 1 aliphatic heterocycles. The smallest absolute Gasteiger partial charge is 0.252 e. The van der Waals surface area contributed by atoms with E-state index in [4.69, 9.17) is 4.74 Å². The summed E-state index contributed by atoms with van der Waals surface area (Å²) in [6.45, 7) is 10.5. The van der Waals surface area contributed by atoms with E-state index in [9.17, 15) is 4.79 Å². The molecule has 5 nitrogen and oxygen atoms in total. The molecule has 2 N–H and O–H groups in total. The summed E-state index contributed by atoms with van der Waals surface area (Å²) in [7, 11) is 0. The van der Waals surface area contributed by atoms with E-state index in [0.717, 1.165) is 67.8 Å². The van der Waals surface area contributed by atoms with Crippen molar-refractivity contribution in [1.29, 1.82) is 0 Å². The van der Waals surface area contributed by atoms with E-state index in [-0.39, 0.29) is 5.56 Å². The van der Waals surface area contributed by atoms with Crippen molar-refractivity contribution in [3.8, 4) is 0 Å². The number of hydrogen-bond donors (Lipinski definition) is 2. The molecule has 0 unspecified atom stereocenters. The Hall–Kier alpha value is -1.69. The number of morpholine rings is 1. The molecule has 0 atom stereocenters. The molecule has 0 aliphatic carbocycles. The van der Waals surface area contributed by atoms with Crippen LogP contribution in [0.3, 0.4) is 0 Å². The molecule has 0 saturated carbocycles. The molecule has 1 aromatic heterocycles. The highest BCUT2D eigenvalue weighted by atomic mass is 16.5. The number of fused-ring (bicyclic) bond motifs is 1. The summed E-state index contributed by atoms with van der Waals surface area (Å²) in [5.41, 5.74) is 4.08. The lowest BCUT2D eigenvalue weighted by atomic mass is 10.0. The Morgan fingerprint density at radius 3 is 2.75 bits per heavy atom. The van der Waals surface area contributed by atoms with Gasteiger partial charge >= 0.3 is 0 Å². The minimum absolute atomic E-state index is 0.0110. The van der Waals surface area contributed by atoms with Crippen LogP contribution in [0.4, 0.5) is 0 Å². The number of pyridine rings is 1. The number of benzene rings is 1. The summed E-state index contributed by atoms with van der Waals surface area (Å²) in [5.74, 6) is 0. The Labute approximate surface area is 143 Å². The van der Waals surface area contributed by atoms with Crippen LogP contribution in [-0.4, -0.2) is 49.3 Å². The number of nitrogens with one attached hydrogen (secondary N) is 2. The molecule has 5 heteroatoms. The number of ether oxygens (including phenoxy) is 1. The highest BCUT2D eigenvalue weighted by Crippen LogP contribution is 2.19. The van der Waals surface area contributed by atoms with Crippen LogP contribution in [0.25, 0.3) is 10.9 Å². The van der Waals surface area contributed by atoms with Crippen LogP contribution in [0.2, 0.25) is 0 Å². The van der Waals surface area contributed by atoms with Gasteiger partial charge in [0.25, 0.3) is 5.56 Å². The number of aryl methyl sites for hydroxylation is 2. The van der Waals surface area contributed by atoms with E-state index < -0.39 is 0 Å². The summed E-state index contributed by atoms with van der Waals surface area (Å²) in [5, 5.41) is 4.54. The summed E-state index contributed by atoms with van der Waals surface area (Å²) in [4.78, 5) is 17.8. The van der Waals surface area contributed by atoms with Crippen molar-refractivity contribution in [2.45, 2.75) is 26.8 Å². The second kappa shape index (κ2) is 7.92. The fourth-order valence-electron chi connectivity index (χ4n) is 3.23. The van der Waals surface area contributed by atoms with Crippen molar-refractivity contribution in [3.05, 3.63) is 45.2 Å². The standard InChI is InChI=1S/C19H27N3O2/c1-14-4-5-15(2)18-17(14)12-16(19(23)21-18)13-20-6-3-7-22-8-10-24-11-9-22/h4-5,12,20H,3,6-11,13H2,1-2H3,(H,21,23). The molecule has 3 rings (SSSR count). The molecular weight excluding hydrogens is 302 g/mol. The summed E-state index contributed by atoms with van der Waals surface area (Å²) >= 11 is 0. The van der Waals surface area contributed by atoms with Gasteiger partial charge in [-0.15, -0.1) is 0 Å². The van der Waals surface area contributed by atoms with Crippen molar-refractivity contribution >= 4 is 10.9 Å². The Balaban J connectivity index is 1.56. The first-order valence-corrected chi connectivity index (χ1v) is 8.78. The van der Waals surface area contributed by atoms with Crippen LogP contribution in [0, 0.1) is 13.8 Å². The molecule has 0 radical (unpaired) electrons. The summed E-state index contributed by atoms with van der Waals surface area (Å²) in [6.07, 6.45) is 1.09. The zero-order valence-electron chi connectivity index (χ0n) is 14.7. The zero-order chi connectivity index (χ0) is 16.9. The molecule has 1 aromatic carbocycles. The maximum atomic E-state index is 12.3. The number of aromatic amines is 1. The largest absolute Gasteiger partial charge is 0.379 e. The zero-order valence-corrected chi connectivity index (χ0v) is 14.7. The number of nitrogens with zero attached hydrogens (tertiary/aromatic N) is 1. The van der Waals surface area contributed by atoms with Crippen molar-refractivity contribution in [3.63, 3.8) is 0 Å². The SMILES string of the molecule is Cc1ccc(C)c2[nH]c(=O)c(CNCCCN3CCOCC3)cc12. The summed E-state index contributed by atoms with van der Waals surface area (Å²) < 4.78 is 5.36. The Kier molecular flexibility index (Phi) is 5.66. The lowest BCUT2D eigenvalue weighted by molar-refractivity contribution is 0.0374. The fraction of sp³-hybridized carbons (Fsp3) is 0.526. The fourth-order valence-corrected chi connectivity index (χ4v) is 3.23. The van der Waals surface area contributed by atoms with Crippen LogP contribution in [0.5, 0.6) is 0 Å². The third-order valence-corrected chi connectivity index (χ3v) is 4.77. The second-order valence-electron chi connectivity index (χ2n) is 6.60. The molecule has 1 saturated heterocycles. The minimum atomic E-state index is 0.0110. The topological polar surface area (TPSA) is 57.4 Å². The van der Waals surface area contributed by atoms with E-state index in [1.165, 1.54) is 5.56 Å². The van der Waals surface area contributed by atoms with Crippen molar-refractivity contribution in [1.82, 2.24) is 15.2 Å². The summed E-state index contributed by atoms with van der Waals surface area (Å²) in [6, 6.07) is 6.19. The van der Waals surface area contributed by atoms with Gasteiger partial charge in [0, 0.05) is 30.6 Å². The number of H-pyrrole nitrogens is 1. The molecule has 2 aromatic rings. The van der Waals surface area contributed by atoms with Crippen molar-refractivity contribution in [2.75, 3.05) is 39.4 Å². The van der Waals surface area contributed by atoms with Gasteiger partial charge in [0.1, 0.15) is 0 Å². The Morgan fingerprint density at radius 1 is 1.21 bits per heavy atom. The quantitative estimate of drug-likeness (QED) is 0.796. The third-order valence-electron chi connectivity index (χ3n) is 4.77. The van der Waals surface area contributed by atoms with Crippen LogP contribution >= 0.6 is 0 Å². The average molecular weight is 329 g/mol. The first-order chi connectivity index (χ1) is 11.6. The van der Waals surface area contributed by atoms with Crippen LogP contribution in [-0.2, 0) is 11.3 Å². The predicted molar refractivity (Wildman–Crippen MR) is 97.6 cm³/mol. The van der Waals surface area contributed by atoms with Crippen LogP contribution in [0.15, 0.2) is 23.0 Å². The molecule has 130 valence electrons. The molecule has 24 heavy (non-hydrogen) atoms. The predicted octanol–water partition coefficient (Wildman–Crippen LogP) is 1.96. The molecule has 1 fully saturated rings. The van der Waals surface area contributed by atoms with Gasteiger partial charge in [0.05, 0.1) is 18.7 Å².